The Kier molecular flexibility index (Phi) is 4.75. The van der Waals surface area contributed by atoms with E-state index in [0.29, 0.717) is 22.1 Å². The van der Waals surface area contributed by atoms with Crippen LogP contribution in [0.5, 0.6) is 0 Å². The van der Waals surface area contributed by atoms with Crippen molar-refractivity contribution in [3.8, 4) is 6.07 Å². The largest absolute Gasteiger partial charge is 0.370 e. The standard InChI is InChI=1S/C14H14ClN5/c1-2-5-17-13-7-14(19-9-18-13)20-12-6-11(15)4-3-10(12)8-16/h3-4,6-7,9H,2,5H2,1H3,(H2,17,18,19,20). The zero-order valence-corrected chi connectivity index (χ0v) is 11.8. The molecule has 0 aliphatic heterocycles. The Balaban J connectivity index is 2.22. The maximum atomic E-state index is 9.08. The Hall–Kier alpha value is -2.32. The summed E-state index contributed by atoms with van der Waals surface area (Å²) in [6, 6.07) is 8.95. The molecule has 0 saturated heterocycles. The quantitative estimate of drug-likeness (QED) is 0.879. The summed E-state index contributed by atoms with van der Waals surface area (Å²) in [5.74, 6) is 1.35. The maximum Gasteiger partial charge on any atom is 0.135 e. The van der Waals surface area contributed by atoms with Gasteiger partial charge in [-0.2, -0.15) is 5.26 Å². The summed E-state index contributed by atoms with van der Waals surface area (Å²) in [7, 11) is 0. The lowest BCUT2D eigenvalue weighted by molar-refractivity contribution is 0.965. The first-order valence-corrected chi connectivity index (χ1v) is 6.63. The fraction of sp³-hybridized carbons (Fsp3) is 0.214. The highest BCUT2D eigenvalue weighted by molar-refractivity contribution is 6.30. The van der Waals surface area contributed by atoms with Gasteiger partial charge in [-0.3, -0.25) is 0 Å². The molecule has 6 heteroatoms. The number of nitriles is 1. The van der Waals surface area contributed by atoms with Crippen LogP contribution in [0, 0.1) is 11.3 Å². The summed E-state index contributed by atoms with van der Waals surface area (Å²) >= 11 is 5.95. The highest BCUT2D eigenvalue weighted by Crippen LogP contribution is 2.23. The predicted molar refractivity (Wildman–Crippen MR) is 80.3 cm³/mol. The third-order valence-electron chi connectivity index (χ3n) is 2.59. The van der Waals surface area contributed by atoms with Crippen molar-refractivity contribution in [2.45, 2.75) is 13.3 Å². The van der Waals surface area contributed by atoms with Crippen LogP contribution in [0.1, 0.15) is 18.9 Å². The molecule has 5 nitrogen and oxygen atoms in total. The molecule has 1 aromatic carbocycles. The summed E-state index contributed by atoms with van der Waals surface area (Å²) in [6.07, 6.45) is 2.48. The molecule has 20 heavy (non-hydrogen) atoms. The second-order valence-corrected chi connectivity index (χ2v) is 4.58. The van der Waals surface area contributed by atoms with E-state index >= 15 is 0 Å². The number of hydrogen-bond acceptors (Lipinski definition) is 5. The molecule has 1 aromatic heterocycles. The van der Waals surface area contributed by atoms with Crippen molar-refractivity contribution in [3.63, 3.8) is 0 Å². The van der Waals surface area contributed by atoms with Crippen molar-refractivity contribution >= 4 is 28.9 Å². The zero-order chi connectivity index (χ0) is 14.4. The molecule has 0 aliphatic rings. The van der Waals surface area contributed by atoms with Gasteiger partial charge in [0.25, 0.3) is 0 Å². The van der Waals surface area contributed by atoms with E-state index in [0.717, 1.165) is 18.8 Å². The van der Waals surface area contributed by atoms with E-state index < -0.39 is 0 Å². The molecule has 0 saturated carbocycles. The molecule has 0 amide bonds. The smallest absolute Gasteiger partial charge is 0.135 e. The molecule has 0 spiro atoms. The molecule has 0 unspecified atom stereocenters. The van der Waals surface area contributed by atoms with Crippen LogP contribution in [0.4, 0.5) is 17.3 Å². The van der Waals surface area contributed by atoms with Crippen molar-refractivity contribution in [2.24, 2.45) is 0 Å². The van der Waals surface area contributed by atoms with Gasteiger partial charge in [-0.05, 0) is 24.6 Å². The minimum absolute atomic E-state index is 0.510. The number of hydrogen-bond donors (Lipinski definition) is 2. The molecular formula is C14H14ClN5. The van der Waals surface area contributed by atoms with E-state index in [2.05, 4.69) is 33.6 Å². The third-order valence-corrected chi connectivity index (χ3v) is 2.82. The lowest BCUT2D eigenvalue weighted by Crippen LogP contribution is -2.03. The van der Waals surface area contributed by atoms with Gasteiger partial charge in [0, 0.05) is 17.6 Å². The van der Waals surface area contributed by atoms with Gasteiger partial charge in [0.15, 0.2) is 0 Å². The molecule has 2 aromatic rings. The predicted octanol–water partition coefficient (Wildman–Crippen LogP) is 3.57. The van der Waals surface area contributed by atoms with Crippen LogP contribution in [0.3, 0.4) is 0 Å². The van der Waals surface area contributed by atoms with Gasteiger partial charge in [-0.15, -0.1) is 0 Å². The number of nitrogens with zero attached hydrogens (tertiary/aromatic N) is 3. The van der Waals surface area contributed by atoms with E-state index in [-0.39, 0.29) is 0 Å². The lowest BCUT2D eigenvalue weighted by atomic mass is 10.2. The average Bonchev–Trinajstić information content (AvgIpc) is 2.46. The lowest BCUT2D eigenvalue weighted by Gasteiger charge is -2.09. The Labute approximate surface area is 122 Å². The minimum atomic E-state index is 0.510. The molecule has 102 valence electrons. The summed E-state index contributed by atoms with van der Waals surface area (Å²) in [5.41, 5.74) is 1.14. The van der Waals surface area contributed by atoms with Gasteiger partial charge in [0.2, 0.25) is 0 Å². The monoisotopic (exact) mass is 287 g/mol. The molecule has 2 N–H and O–H groups in total. The number of benzene rings is 1. The third kappa shape index (κ3) is 3.59. The SMILES string of the molecule is CCCNc1cc(Nc2cc(Cl)ccc2C#N)ncn1. The first kappa shape index (κ1) is 14.1. The second-order valence-electron chi connectivity index (χ2n) is 4.14. The van der Waals surface area contributed by atoms with Gasteiger partial charge in [0.05, 0.1) is 11.3 Å². The Morgan fingerprint density at radius 1 is 1.25 bits per heavy atom. The van der Waals surface area contributed by atoms with Gasteiger partial charge < -0.3 is 10.6 Å². The highest BCUT2D eigenvalue weighted by Gasteiger charge is 2.05. The number of nitrogens with one attached hydrogen (secondary N) is 2. The van der Waals surface area contributed by atoms with E-state index in [1.165, 1.54) is 6.33 Å². The van der Waals surface area contributed by atoms with Crippen LogP contribution in [0.25, 0.3) is 0 Å². The number of aromatic nitrogens is 2. The Bertz CT molecular complexity index is 636. The maximum absolute atomic E-state index is 9.08. The first-order valence-electron chi connectivity index (χ1n) is 6.25. The fourth-order valence-electron chi connectivity index (χ4n) is 1.63. The molecule has 0 atom stereocenters. The van der Waals surface area contributed by atoms with E-state index in [9.17, 15) is 0 Å². The molecule has 0 bridgehead atoms. The summed E-state index contributed by atoms with van der Waals surface area (Å²) < 4.78 is 0. The average molecular weight is 288 g/mol. The zero-order valence-electron chi connectivity index (χ0n) is 11.0. The van der Waals surface area contributed by atoms with Crippen molar-refractivity contribution < 1.29 is 0 Å². The van der Waals surface area contributed by atoms with Crippen molar-refractivity contribution in [1.82, 2.24) is 9.97 Å². The van der Waals surface area contributed by atoms with E-state index in [1.807, 2.05) is 0 Å². The molecular weight excluding hydrogens is 274 g/mol. The summed E-state index contributed by atoms with van der Waals surface area (Å²) in [6.45, 7) is 2.93. The number of anilines is 3. The fourth-order valence-corrected chi connectivity index (χ4v) is 1.80. The van der Waals surface area contributed by atoms with Gasteiger partial charge in [0.1, 0.15) is 24.0 Å². The Morgan fingerprint density at radius 2 is 2.05 bits per heavy atom. The second kappa shape index (κ2) is 6.73. The summed E-state index contributed by atoms with van der Waals surface area (Å²) in [4.78, 5) is 8.26. The van der Waals surface area contributed by atoms with Crippen LogP contribution in [0.15, 0.2) is 30.6 Å². The minimum Gasteiger partial charge on any atom is -0.370 e. The van der Waals surface area contributed by atoms with Crippen molar-refractivity contribution in [3.05, 3.63) is 41.2 Å². The number of halogens is 1. The molecule has 0 fully saturated rings. The van der Waals surface area contributed by atoms with Crippen molar-refractivity contribution in [2.75, 3.05) is 17.2 Å². The van der Waals surface area contributed by atoms with Crippen LogP contribution in [-0.2, 0) is 0 Å². The topological polar surface area (TPSA) is 73.6 Å². The normalized spacial score (nSPS) is 9.85. The Morgan fingerprint density at radius 3 is 2.80 bits per heavy atom. The highest BCUT2D eigenvalue weighted by atomic mass is 35.5. The van der Waals surface area contributed by atoms with Gasteiger partial charge >= 0.3 is 0 Å². The molecule has 1 heterocycles. The van der Waals surface area contributed by atoms with E-state index in [4.69, 9.17) is 16.9 Å². The summed E-state index contributed by atoms with van der Waals surface area (Å²) in [5, 5.41) is 15.9. The molecule has 0 aliphatic carbocycles. The molecule has 2 rings (SSSR count). The number of rotatable bonds is 5. The molecule has 0 radical (unpaired) electrons. The van der Waals surface area contributed by atoms with Gasteiger partial charge in [-0.1, -0.05) is 18.5 Å². The van der Waals surface area contributed by atoms with Crippen LogP contribution in [0.2, 0.25) is 5.02 Å². The van der Waals surface area contributed by atoms with E-state index in [1.54, 1.807) is 24.3 Å². The van der Waals surface area contributed by atoms with Gasteiger partial charge in [-0.25, -0.2) is 9.97 Å². The first-order chi connectivity index (χ1) is 9.72. The van der Waals surface area contributed by atoms with Crippen molar-refractivity contribution in [1.29, 1.82) is 5.26 Å². The van der Waals surface area contributed by atoms with Crippen LogP contribution < -0.4 is 10.6 Å². The van der Waals surface area contributed by atoms with Crippen LogP contribution >= 0.6 is 11.6 Å². The van der Waals surface area contributed by atoms with Crippen LogP contribution in [-0.4, -0.2) is 16.5 Å².